The van der Waals surface area contributed by atoms with Crippen molar-refractivity contribution in [1.29, 1.82) is 0 Å². The number of nitrogens with one attached hydrogen (secondary N) is 1. The molecule has 0 radical (unpaired) electrons. The number of carbonyl (C=O) groups is 3. The minimum atomic E-state index is -0.982. The minimum Gasteiger partial charge on any atom is -0.493 e. The molecule has 304 valence electrons. The van der Waals surface area contributed by atoms with Gasteiger partial charge in [-0.25, -0.2) is 4.79 Å². The van der Waals surface area contributed by atoms with Gasteiger partial charge in [0, 0.05) is 32.6 Å². The molecular formula is C42H72N2O9. The molecule has 2 rings (SSSR count). The third kappa shape index (κ3) is 13.0. The molecule has 1 N–H and O–H groups in total. The van der Waals surface area contributed by atoms with E-state index in [1.54, 1.807) is 26.0 Å². The minimum absolute atomic E-state index is 0.0271. The van der Waals surface area contributed by atoms with Crippen molar-refractivity contribution in [1.82, 2.24) is 10.2 Å². The van der Waals surface area contributed by atoms with Crippen LogP contribution in [0, 0.1) is 29.1 Å². The molecule has 2 amide bonds. The molecule has 0 unspecified atom stereocenters. The van der Waals surface area contributed by atoms with Crippen LogP contribution in [0.3, 0.4) is 0 Å². The van der Waals surface area contributed by atoms with Gasteiger partial charge in [0.1, 0.15) is 11.3 Å². The van der Waals surface area contributed by atoms with Crippen LogP contribution in [0.2, 0.25) is 0 Å². The number of hydrogen-bond donors (Lipinski definition) is 1. The predicted octanol–water partition coefficient (Wildman–Crippen LogP) is 8.20. The smallest absolute Gasteiger partial charge is 0.412 e. The first-order chi connectivity index (χ1) is 24.8. The summed E-state index contributed by atoms with van der Waals surface area (Å²) in [7, 11) is 3.31. The molecule has 0 spiro atoms. The highest BCUT2D eigenvalue weighted by Gasteiger charge is 2.53. The number of hydrogen-bond acceptors (Lipinski definition) is 9. The molecule has 0 aromatic heterocycles. The van der Waals surface area contributed by atoms with Gasteiger partial charge in [-0.05, 0) is 109 Å². The second kappa shape index (κ2) is 20.6. The van der Waals surface area contributed by atoms with Crippen LogP contribution >= 0.6 is 0 Å². The fourth-order valence-electron chi connectivity index (χ4n) is 7.22. The Hall–Kier alpha value is -3.05. The largest absolute Gasteiger partial charge is 0.493 e. The van der Waals surface area contributed by atoms with Gasteiger partial charge in [0.15, 0.2) is 11.5 Å². The normalized spacial score (nSPS) is 18.5. The summed E-state index contributed by atoms with van der Waals surface area (Å²) in [6, 6.07) is 5.68. The Kier molecular flexibility index (Phi) is 17.9. The predicted molar refractivity (Wildman–Crippen MR) is 208 cm³/mol. The van der Waals surface area contributed by atoms with E-state index < -0.39 is 34.9 Å². The molecule has 53 heavy (non-hydrogen) atoms. The number of carbonyl (C=O) groups excluding carboxylic acids is 3. The maximum atomic E-state index is 14.0. The molecule has 1 aliphatic rings. The van der Waals surface area contributed by atoms with Gasteiger partial charge >= 0.3 is 12.1 Å². The van der Waals surface area contributed by atoms with Gasteiger partial charge in [-0.2, -0.15) is 0 Å². The van der Waals surface area contributed by atoms with Crippen molar-refractivity contribution in [3.8, 4) is 11.5 Å². The summed E-state index contributed by atoms with van der Waals surface area (Å²) >= 11 is 0. The molecule has 1 saturated heterocycles. The first-order valence-electron chi connectivity index (χ1n) is 19.7. The number of ether oxygens (including phenoxy) is 6. The Morgan fingerprint density at radius 1 is 0.943 bits per heavy atom. The summed E-state index contributed by atoms with van der Waals surface area (Å²) in [6.45, 7) is 25.1. The van der Waals surface area contributed by atoms with E-state index in [0.29, 0.717) is 50.4 Å². The SMILES string of the molecule is CCOC(=O)C(CC)(CC)CNC(=O)[C@@H](C[C@@H]1OC(C)(C)N(C(=O)OC(C)(C)C)[C@H]1C[C@H](Cc1ccc(OC)c(OCCCOC)c1)C(C)C)C(C)C. The fourth-order valence-corrected chi connectivity index (χ4v) is 7.22. The van der Waals surface area contributed by atoms with Crippen LogP contribution in [-0.2, 0) is 35.0 Å². The zero-order chi connectivity index (χ0) is 40.1. The Bertz CT molecular complexity index is 1300. The van der Waals surface area contributed by atoms with Crippen molar-refractivity contribution in [2.24, 2.45) is 29.1 Å². The van der Waals surface area contributed by atoms with Gasteiger partial charge in [0.25, 0.3) is 0 Å². The molecule has 0 bridgehead atoms. The zero-order valence-corrected chi connectivity index (χ0v) is 35.4. The summed E-state index contributed by atoms with van der Waals surface area (Å²) in [5, 5.41) is 3.12. The van der Waals surface area contributed by atoms with Crippen molar-refractivity contribution in [3.05, 3.63) is 23.8 Å². The van der Waals surface area contributed by atoms with Crippen molar-refractivity contribution in [2.45, 2.75) is 145 Å². The van der Waals surface area contributed by atoms with Crippen molar-refractivity contribution in [2.75, 3.05) is 40.6 Å². The second-order valence-corrected chi connectivity index (χ2v) is 16.7. The van der Waals surface area contributed by atoms with Crippen LogP contribution in [0.5, 0.6) is 11.5 Å². The van der Waals surface area contributed by atoms with E-state index in [4.69, 9.17) is 28.4 Å². The highest BCUT2D eigenvalue weighted by molar-refractivity contribution is 5.81. The van der Waals surface area contributed by atoms with Gasteiger partial charge in [0.05, 0.1) is 37.9 Å². The van der Waals surface area contributed by atoms with Crippen LogP contribution in [0.1, 0.15) is 121 Å². The Morgan fingerprint density at radius 2 is 1.60 bits per heavy atom. The van der Waals surface area contributed by atoms with Crippen LogP contribution in [0.4, 0.5) is 4.79 Å². The number of esters is 1. The van der Waals surface area contributed by atoms with Gasteiger partial charge in [0.2, 0.25) is 5.91 Å². The molecule has 1 aromatic carbocycles. The monoisotopic (exact) mass is 749 g/mol. The molecular weight excluding hydrogens is 676 g/mol. The van der Waals surface area contributed by atoms with Crippen LogP contribution in [-0.4, -0.2) is 86.9 Å². The highest BCUT2D eigenvalue weighted by atomic mass is 16.6. The molecule has 0 saturated carbocycles. The molecule has 11 nitrogen and oxygen atoms in total. The lowest BCUT2D eigenvalue weighted by molar-refractivity contribution is -0.156. The van der Waals surface area contributed by atoms with E-state index in [1.807, 2.05) is 74.4 Å². The Morgan fingerprint density at radius 3 is 2.13 bits per heavy atom. The van der Waals surface area contributed by atoms with Crippen LogP contribution in [0.25, 0.3) is 0 Å². The average Bonchev–Trinajstić information content (AvgIpc) is 3.33. The van der Waals surface area contributed by atoms with E-state index in [-0.39, 0.29) is 48.8 Å². The molecule has 1 heterocycles. The molecule has 1 aliphatic heterocycles. The lowest BCUT2D eigenvalue weighted by atomic mass is 9.79. The third-order valence-electron chi connectivity index (χ3n) is 10.6. The van der Waals surface area contributed by atoms with Gasteiger partial charge in [-0.15, -0.1) is 0 Å². The number of amides is 2. The summed E-state index contributed by atoms with van der Waals surface area (Å²) in [5.74, 6) is 0.880. The van der Waals surface area contributed by atoms with Gasteiger partial charge in [-0.3, -0.25) is 14.5 Å². The van der Waals surface area contributed by atoms with Crippen molar-refractivity contribution in [3.63, 3.8) is 0 Å². The average molecular weight is 749 g/mol. The standard InChI is InChI=1S/C42H72N2O9/c1-15-42(16-2,38(46)50-17-3)27-43-37(45)32(29(6)7)26-35-33(44(41(11,12)52-35)39(47)53-40(8,9)10)25-31(28(4)5)23-30-19-20-34(49-14)36(24-30)51-22-18-21-48-13/h19-20,24,28-29,31-33,35H,15-18,21-23,25-27H2,1-14H3,(H,43,45)/t31-,32-,33-,35-/m0/s1. The van der Waals surface area contributed by atoms with Crippen molar-refractivity contribution < 1.29 is 42.8 Å². The highest BCUT2D eigenvalue weighted by Crippen LogP contribution is 2.42. The first kappa shape index (κ1) is 46.1. The summed E-state index contributed by atoms with van der Waals surface area (Å²) < 4.78 is 35.0. The molecule has 11 heteroatoms. The third-order valence-corrected chi connectivity index (χ3v) is 10.6. The summed E-state index contributed by atoms with van der Waals surface area (Å²) in [4.78, 5) is 42.8. The number of nitrogens with zero attached hydrogens (tertiary/aromatic N) is 1. The second-order valence-electron chi connectivity index (χ2n) is 16.7. The quantitative estimate of drug-likeness (QED) is 0.0980. The lowest BCUT2D eigenvalue weighted by Crippen LogP contribution is -2.51. The fraction of sp³-hybridized carbons (Fsp3) is 0.786. The van der Waals surface area contributed by atoms with E-state index in [0.717, 1.165) is 18.4 Å². The first-order valence-corrected chi connectivity index (χ1v) is 19.7. The number of benzene rings is 1. The molecule has 4 atom stereocenters. The molecule has 1 fully saturated rings. The maximum absolute atomic E-state index is 14.0. The van der Waals surface area contributed by atoms with E-state index in [2.05, 4.69) is 25.2 Å². The van der Waals surface area contributed by atoms with Gasteiger partial charge < -0.3 is 33.7 Å². The maximum Gasteiger partial charge on any atom is 0.412 e. The van der Waals surface area contributed by atoms with Crippen LogP contribution in [0.15, 0.2) is 18.2 Å². The topological polar surface area (TPSA) is 122 Å². The molecule has 0 aliphatic carbocycles. The Balaban J connectivity index is 2.48. The number of rotatable bonds is 21. The van der Waals surface area contributed by atoms with Crippen molar-refractivity contribution >= 4 is 18.0 Å². The van der Waals surface area contributed by atoms with E-state index in [9.17, 15) is 14.4 Å². The van der Waals surface area contributed by atoms with E-state index in [1.165, 1.54) is 0 Å². The summed E-state index contributed by atoms with van der Waals surface area (Å²) in [5.41, 5.74) is -1.39. The number of methoxy groups -OCH3 is 2. The van der Waals surface area contributed by atoms with Gasteiger partial charge in [-0.1, -0.05) is 47.6 Å². The Labute approximate surface area is 320 Å². The lowest BCUT2D eigenvalue weighted by Gasteiger charge is -2.37. The zero-order valence-electron chi connectivity index (χ0n) is 35.4. The summed E-state index contributed by atoms with van der Waals surface area (Å²) in [6.07, 6.45) is 2.74. The van der Waals surface area contributed by atoms with Crippen LogP contribution < -0.4 is 14.8 Å². The van der Waals surface area contributed by atoms with E-state index >= 15 is 0 Å². The molecule has 1 aromatic rings.